The van der Waals surface area contributed by atoms with Gasteiger partial charge in [0.2, 0.25) is 0 Å². The molecule has 0 bridgehead atoms. The van der Waals surface area contributed by atoms with Gasteiger partial charge < -0.3 is 9.88 Å². The average Bonchev–Trinajstić information content (AvgIpc) is 2.84. The lowest BCUT2D eigenvalue weighted by molar-refractivity contribution is 0.514. The molecule has 0 radical (unpaired) electrons. The average molecular weight is 225 g/mol. The molecule has 2 unspecified atom stereocenters. The van der Waals surface area contributed by atoms with Crippen molar-refractivity contribution in [1.29, 1.82) is 0 Å². The second-order valence-electron chi connectivity index (χ2n) is 4.24. The normalized spacial score (nSPS) is 26.0. The second kappa shape index (κ2) is 5.03. The first-order valence-corrected chi connectivity index (χ1v) is 6.79. The van der Waals surface area contributed by atoms with Crippen molar-refractivity contribution in [2.24, 2.45) is 7.05 Å². The van der Waals surface area contributed by atoms with Gasteiger partial charge in [0.15, 0.2) is 0 Å². The summed E-state index contributed by atoms with van der Waals surface area (Å²) in [6.45, 7) is 0.947. The minimum Gasteiger partial charge on any atom is -0.337 e. The van der Waals surface area contributed by atoms with Gasteiger partial charge in [-0.25, -0.2) is 4.98 Å². The third kappa shape index (κ3) is 2.75. The highest BCUT2D eigenvalue weighted by molar-refractivity contribution is 7.99. The van der Waals surface area contributed by atoms with Crippen molar-refractivity contribution < 1.29 is 0 Å². The third-order valence-electron chi connectivity index (χ3n) is 3.21. The number of aromatic nitrogens is 2. The van der Waals surface area contributed by atoms with Gasteiger partial charge >= 0.3 is 0 Å². The molecule has 1 N–H and O–H groups in total. The fourth-order valence-electron chi connectivity index (χ4n) is 2.14. The number of imidazole rings is 1. The van der Waals surface area contributed by atoms with E-state index in [1.165, 1.54) is 25.0 Å². The summed E-state index contributed by atoms with van der Waals surface area (Å²) < 4.78 is 2.08. The van der Waals surface area contributed by atoms with Crippen molar-refractivity contribution in [3.63, 3.8) is 0 Å². The van der Waals surface area contributed by atoms with Crippen molar-refractivity contribution in [3.05, 3.63) is 18.2 Å². The summed E-state index contributed by atoms with van der Waals surface area (Å²) in [5.74, 6) is 0. The SMILES string of the molecule is CSC1CCC(NCc2cncn2C)C1. The Hall–Kier alpha value is -0.480. The lowest BCUT2D eigenvalue weighted by Crippen LogP contribution is -2.26. The monoisotopic (exact) mass is 225 g/mol. The summed E-state index contributed by atoms with van der Waals surface area (Å²) in [5.41, 5.74) is 1.27. The molecule has 1 fully saturated rings. The Balaban J connectivity index is 1.77. The van der Waals surface area contributed by atoms with Gasteiger partial charge in [-0.2, -0.15) is 11.8 Å². The van der Waals surface area contributed by atoms with Crippen molar-refractivity contribution in [2.45, 2.75) is 37.1 Å². The highest BCUT2D eigenvalue weighted by atomic mass is 32.2. The van der Waals surface area contributed by atoms with Gasteiger partial charge in [-0.3, -0.25) is 0 Å². The van der Waals surface area contributed by atoms with Crippen LogP contribution in [0.25, 0.3) is 0 Å². The molecule has 0 aromatic carbocycles. The molecule has 0 aliphatic heterocycles. The van der Waals surface area contributed by atoms with Crippen molar-refractivity contribution in [2.75, 3.05) is 6.26 Å². The van der Waals surface area contributed by atoms with Crippen LogP contribution < -0.4 is 5.32 Å². The highest BCUT2D eigenvalue weighted by Gasteiger charge is 2.23. The van der Waals surface area contributed by atoms with Crippen LogP contribution in [-0.4, -0.2) is 27.1 Å². The summed E-state index contributed by atoms with van der Waals surface area (Å²) >= 11 is 2.01. The molecule has 0 saturated heterocycles. The van der Waals surface area contributed by atoms with Crippen LogP contribution in [0.3, 0.4) is 0 Å². The lowest BCUT2D eigenvalue weighted by Gasteiger charge is -2.12. The van der Waals surface area contributed by atoms with E-state index in [2.05, 4.69) is 21.1 Å². The molecule has 2 rings (SSSR count). The molecule has 1 aliphatic rings. The number of aryl methyl sites for hydroxylation is 1. The quantitative estimate of drug-likeness (QED) is 0.847. The Morgan fingerprint density at radius 2 is 2.47 bits per heavy atom. The predicted octanol–water partition coefficient (Wildman–Crippen LogP) is 1.79. The minimum absolute atomic E-state index is 0.706. The number of hydrogen-bond donors (Lipinski definition) is 1. The molecule has 1 aromatic heterocycles. The Labute approximate surface area is 95.7 Å². The van der Waals surface area contributed by atoms with Crippen LogP contribution in [0.4, 0.5) is 0 Å². The van der Waals surface area contributed by atoms with Crippen molar-refractivity contribution in [1.82, 2.24) is 14.9 Å². The fourth-order valence-corrected chi connectivity index (χ4v) is 2.94. The number of nitrogens with zero attached hydrogens (tertiary/aromatic N) is 2. The fraction of sp³-hybridized carbons (Fsp3) is 0.727. The van der Waals surface area contributed by atoms with Gasteiger partial charge in [-0.15, -0.1) is 0 Å². The standard InChI is InChI=1S/C11H19N3S/c1-14-8-12-6-10(14)7-13-9-3-4-11(5-9)15-2/h6,8-9,11,13H,3-5,7H2,1-2H3. The molecule has 4 heteroatoms. The third-order valence-corrected chi connectivity index (χ3v) is 4.30. The zero-order valence-electron chi connectivity index (χ0n) is 9.44. The number of nitrogens with one attached hydrogen (secondary N) is 1. The molecule has 0 amide bonds. The second-order valence-corrected chi connectivity index (χ2v) is 5.38. The van der Waals surface area contributed by atoms with Crippen LogP contribution >= 0.6 is 11.8 Å². The van der Waals surface area contributed by atoms with E-state index in [1.807, 2.05) is 31.3 Å². The van der Waals surface area contributed by atoms with Crippen LogP contribution in [0, 0.1) is 0 Å². The van der Waals surface area contributed by atoms with Gasteiger partial charge in [0.1, 0.15) is 0 Å². The lowest BCUT2D eigenvalue weighted by atomic mass is 10.2. The predicted molar refractivity (Wildman–Crippen MR) is 65.0 cm³/mol. The van der Waals surface area contributed by atoms with Crippen LogP contribution in [-0.2, 0) is 13.6 Å². The maximum atomic E-state index is 4.12. The van der Waals surface area contributed by atoms with Gasteiger partial charge in [-0.05, 0) is 25.5 Å². The molecular formula is C11H19N3S. The number of rotatable bonds is 4. The number of hydrogen-bond acceptors (Lipinski definition) is 3. The van der Waals surface area contributed by atoms with Crippen LogP contribution in [0.2, 0.25) is 0 Å². The van der Waals surface area contributed by atoms with Crippen LogP contribution in [0.5, 0.6) is 0 Å². The van der Waals surface area contributed by atoms with E-state index in [0.717, 1.165) is 11.8 Å². The van der Waals surface area contributed by atoms with Gasteiger partial charge in [0.05, 0.1) is 12.0 Å². The molecule has 1 saturated carbocycles. The molecular weight excluding hydrogens is 206 g/mol. The first-order valence-electron chi connectivity index (χ1n) is 5.51. The van der Waals surface area contributed by atoms with E-state index in [0.29, 0.717) is 6.04 Å². The first-order chi connectivity index (χ1) is 7.29. The highest BCUT2D eigenvalue weighted by Crippen LogP contribution is 2.28. The van der Waals surface area contributed by atoms with Gasteiger partial charge in [0.25, 0.3) is 0 Å². The molecule has 1 aliphatic carbocycles. The van der Waals surface area contributed by atoms with Crippen molar-refractivity contribution >= 4 is 11.8 Å². The van der Waals surface area contributed by atoms with Gasteiger partial charge in [-0.1, -0.05) is 0 Å². The maximum absolute atomic E-state index is 4.12. The zero-order valence-corrected chi connectivity index (χ0v) is 10.3. The van der Waals surface area contributed by atoms with E-state index >= 15 is 0 Å². The molecule has 84 valence electrons. The van der Waals surface area contributed by atoms with E-state index in [4.69, 9.17) is 0 Å². The van der Waals surface area contributed by atoms with Gasteiger partial charge in [0, 0.05) is 31.1 Å². The van der Waals surface area contributed by atoms with Crippen molar-refractivity contribution in [3.8, 4) is 0 Å². The summed E-state index contributed by atoms with van der Waals surface area (Å²) in [5, 5.41) is 4.48. The molecule has 3 nitrogen and oxygen atoms in total. The zero-order chi connectivity index (χ0) is 10.7. The molecule has 1 aromatic rings. The Bertz CT molecular complexity index is 311. The smallest absolute Gasteiger partial charge is 0.0945 e. The van der Waals surface area contributed by atoms with E-state index in [1.54, 1.807) is 0 Å². The number of thioether (sulfide) groups is 1. The largest absolute Gasteiger partial charge is 0.337 e. The Kier molecular flexibility index (Phi) is 3.70. The summed E-state index contributed by atoms with van der Waals surface area (Å²) in [7, 11) is 2.05. The topological polar surface area (TPSA) is 29.9 Å². The Morgan fingerprint density at radius 3 is 3.07 bits per heavy atom. The Morgan fingerprint density at radius 1 is 1.60 bits per heavy atom. The molecule has 2 atom stereocenters. The maximum Gasteiger partial charge on any atom is 0.0945 e. The van der Waals surface area contributed by atoms with Crippen LogP contribution in [0.1, 0.15) is 25.0 Å². The van der Waals surface area contributed by atoms with Crippen LogP contribution in [0.15, 0.2) is 12.5 Å². The summed E-state index contributed by atoms with van der Waals surface area (Å²) in [6, 6.07) is 0.706. The first kappa shape index (κ1) is 11.0. The van der Waals surface area contributed by atoms with E-state index in [9.17, 15) is 0 Å². The van der Waals surface area contributed by atoms with E-state index < -0.39 is 0 Å². The molecule has 0 spiro atoms. The minimum atomic E-state index is 0.706. The summed E-state index contributed by atoms with van der Waals surface area (Å²) in [6.07, 6.45) is 10.0. The summed E-state index contributed by atoms with van der Waals surface area (Å²) in [4.78, 5) is 4.12. The van der Waals surface area contributed by atoms with E-state index in [-0.39, 0.29) is 0 Å². The molecule has 15 heavy (non-hydrogen) atoms. The molecule has 1 heterocycles.